The Morgan fingerprint density at radius 2 is 2.05 bits per heavy atom. The fraction of sp³-hybridized carbons (Fsp3) is 0.267. The molecule has 0 aliphatic rings. The maximum absolute atomic E-state index is 14.1. The van der Waals surface area contributed by atoms with Gasteiger partial charge in [0.05, 0.1) is 30.1 Å². The maximum atomic E-state index is 14.1. The van der Waals surface area contributed by atoms with Crippen LogP contribution in [0, 0.1) is 5.82 Å². The van der Waals surface area contributed by atoms with Gasteiger partial charge in [-0.25, -0.2) is 8.91 Å². The predicted octanol–water partition coefficient (Wildman–Crippen LogP) is 2.35. The van der Waals surface area contributed by atoms with Crippen LogP contribution < -0.4 is 5.32 Å². The highest BCUT2D eigenvalue weighted by atomic mass is 19.1. The van der Waals surface area contributed by atoms with E-state index in [0.717, 1.165) is 24.0 Å². The highest BCUT2D eigenvalue weighted by Crippen LogP contribution is 2.26. The Bertz CT molecular complexity index is 740. The van der Waals surface area contributed by atoms with Crippen molar-refractivity contribution in [2.75, 3.05) is 6.54 Å². The van der Waals surface area contributed by atoms with Crippen LogP contribution in [-0.2, 0) is 0 Å². The van der Waals surface area contributed by atoms with E-state index in [-0.39, 0.29) is 11.9 Å². The first kappa shape index (κ1) is 13.6. The van der Waals surface area contributed by atoms with E-state index in [1.807, 2.05) is 0 Å². The third-order valence-electron chi connectivity index (χ3n) is 3.38. The molecule has 108 valence electrons. The van der Waals surface area contributed by atoms with E-state index in [1.54, 1.807) is 41.6 Å². The summed E-state index contributed by atoms with van der Waals surface area (Å²) >= 11 is 0. The summed E-state index contributed by atoms with van der Waals surface area (Å²) in [6.45, 7) is 2.86. The molecule has 5 nitrogen and oxygen atoms in total. The van der Waals surface area contributed by atoms with Crippen LogP contribution >= 0.6 is 0 Å². The van der Waals surface area contributed by atoms with Crippen molar-refractivity contribution in [3.8, 4) is 0 Å². The quantitative estimate of drug-likeness (QED) is 0.782. The topological polar surface area (TPSA) is 55.1 Å². The number of nitrogens with zero attached hydrogens (tertiary/aromatic N) is 4. The summed E-state index contributed by atoms with van der Waals surface area (Å²) in [5, 5.41) is 7.67. The molecule has 6 heteroatoms. The summed E-state index contributed by atoms with van der Waals surface area (Å²) in [5.74, 6) is -0.325. The Kier molecular flexibility index (Phi) is 3.87. The third-order valence-corrected chi connectivity index (χ3v) is 3.38. The van der Waals surface area contributed by atoms with Gasteiger partial charge in [-0.1, -0.05) is 6.92 Å². The zero-order chi connectivity index (χ0) is 14.7. The lowest BCUT2D eigenvalue weighted by atomic mass is 10.0. The average Bonchev–Trinajstić information content (AvgIpc) is 2.93. The standard InChI is InChI=1S/C15H16FN5/c1-2-4-19-15(11-3-5-17-9-13(11)16)12-8-20-21-7-6-18-10-14(12)21/h3,5-10,15,19H,2,4H2,1H3. The van der Waals surface area contributed by atoms with Gasteiger partial charge in [-0.3, -0.25) is 9.97 Å². The van der Waals surface area contributed by atoms with Gasteiger partial charge in [-0.2, -0.15) is 5.10 Å². The van der Waals surface area contributed by atoms with E-state index in [4.69, 9.17) is 0 Å². The second-order valence-corrected chi connectivity index (χ2v) is 4.79. The van der Waals surface area contributed by atoms with Gasteiger partial charge in [0.25, 0.3) is 0 Å². The van der Waals surface area contributed by atoms with Crippen LogP contribution in [-0.4, -0.2) is 26.1 Å². The van der Waals surface area contributed by atoms with Crippen molar-refractivity contribution < 1.29 is 4.39 Å². The van der Waals surface area contributed by atoms with E-state index < -0.39 is 0 Å². The van der Waals surface area contributed by atoms with Gasteiger partial charge in [-0.05, 0) is 19.0 Å². The summed E-state index contributed by atoms with van der Waals surface area (Å²) in [6.07, 6.45) is 10.7. The molecule has 0 spiro atoms. The summed E-state index contributed by atoms with van der Waals surface area (Å²) < 4.78 is 15.9. The van der Waals surface area contributed by atoms with Crippen LogP contribution in [0.5, 0.6) is 0 Å². The van der Waals surface area contributed by atoms with E-state index >= 15 is 0 Å². The van der Waals surface area contributed by atoms with Gasteiger partial charge in [0.2, 0.25) is 0 Å². The molecule has 0 aliphatic carbocycles. The molecule has 3 aromatic heterocycles. The molecule has 1 atom stereocenters. The van der Waals surface area contributed by atoms with Crippen LogP contribution in [0.15, 0.2) is 43.2 Å². The lowest BCUT2D eigenvalue weighted by molar-refractivity contribution is 0.545. The monoisotopic (exact) mass is 285 g/mol. The number of pyridine rings is 1. The number of fused-ring (bicyclic) bond motifs is 1. The zero-order valence-electron chi connectivity index (χ0n) is 11.7. The molecular weight excluding hydrogens is 269 g/mol. The lowest BCUT2D eigenvalue weighted by Crippen LogP contribution is -2.24. The number of halogens is 1. The van der Waals surface area contributed by atoms with E-state index in [0.29, 0.717) is 5.56 Å². The highest BCUT2D eigenvalue weighted by molar-refractivity contribution is 5.55. The van der Waals surface area contributed by atoms with Gasteiger partial charge in [0.15, 0.2) is 0 Å². The Balaban J connectivity index is 2.09. The molecule has 0 amide bonds. The first-order valence-corrected chi connectivity index (χ1v) is 6.91. The lowest BCUT2D eigenvalue weighted by Gasteiger charge is -2.18. The van der Waals surface area contributed by atoms with E-state index in [1.165, 1.54) is 6.20 Å². The molecule has 1 unspecified atom stereocenters. The Morgan fingerprint density at radius 3 is 2.86 bits per heavy atom. The van der Waals surface area contributed by atoms with E-state index in [9.17, 15) is 4.39 Å². The molecule has 1 N–H and O–H groups in total. The van der Waals surface area contributed by atoms with Crippen molar-refractivity contribution in [1.82, 2.24) is 24.9 Å². The van der Waals surface area contributed by atoms with Crippen LogP contribution in [0.3, 0.4) is 0 Å². The maximum Gasteiger partial charge on any atom is 0.146 e. The molecule has 0 saturated heterocycles. The Labute approximate surface area is 121 Å². The van der Waals surface area contributed by atoms with Crippen LogP contribution in [0.1, 0.15) is 30.5 Å². The SMILES string of the molecule is CCCNC(c1ccncc1F)c1cnn2ccncc12. The Morgan fingerprint density at radius 1 is 1.19 bits per heavy atom. The smallest absolute Gasteiger partial charge is 0.146 e. The summed E-state index contributed by atoms with van der Waals surface area (Å²) in [4.78, 5) is 7.95. The summed E-state index contributed by atoms with van der Waals surface area (Å²) in [6, 6.07) is 1.43. The molecular formula is C15H16FN5. The molecule has 21 heavy (non-hydrogen) atoms. The predicted molar refractivity (Wildman–Crippen MR) is 77.3 cm³/mol. The van der Waals surface area contributed by atoms with Gasteiger partial charge in [0, 0.05) is 29.7 Å². The fourth-order valence-electron chi connectivity index (χ4n) is 2.37. The van der Waals surface area contributed by atoms with Crippen molar-refractivity contribution in [3.05, 3.63) is 60.2 Å². The largest absolute Gasteiger partial charge is 0.306 e. The second kappa shape index (κ2) is 5.97. The summed E-state index contributed by atoms with van der Waals surface area (Å²) in [5.41, 5.74) is 2.33. The first-order valence-electron chi connectivity index (χ1n) is 6.91. The van der Waals surface area contributed by atoms with Crippen molar-refractivity contribution in [2.45, 2.75) is 19.4 Å². The van der Waals surface area contributed by atoms with Crippen molar-refractivity contribution in [1.29, 1.82) is 0 Å². The molecule has 0 bridgehead atoms. The number of aromatic nitrogens is 4. The average molecular weight is 285 g/mol. The molecule has 0 saturated carbocycles. The third kappa shape index (κ3) is 2.62. The van der Waals surface area contributed by atoms with Gasteiger partial charge in [-0.15, -0.1) is 0 Å². The minimum atomic E-state index is -0.325. The molecule has 3 aromatic rings. The minimum Gasteiger partial charge on any atom is -0.306 e. The minimum absolute atomic E-state index is 0.269. The van der Waals surface area contributed by atoms with Crippen LogP contribution in [0.4, 0.5) is 4.39 Å². The molecule has 3 heterocycles. The Hall–Kier alpha value is -2.34. The van der Waals surface area contributed by atoms with Crippen LogP contribution in [0.25, 0.3) is 5.52 Å². The first-order chi connectivity index (χ1) is 10.3. The zero-order valence-corrected chi connectivity index (χ0v) is 11.7. The molecule has 0 aromatic carbocycles. The number of nitrogens with one attached hydrogen (secondary N) is 1. The van der Waals surface area contributed by atoms with E-state index in [2.05, 4.69) is 27.3 Å². The number of rotatable bonds is 5. The second-order valence-electron chi connectivity index (χ2n) is 4.79. The molecule has 0 aliphatic heterocycles. The normalized spacial score (nSPS) is 12.7. The van der Waals surface area contributed by atoms with Gasteiger partial charge < -0.3 is 5.32 Å². The molecule has 0 radical (unpaired) electrons. The van der Waals surface area contributed by atoms with Gasteiger partial charge >= 0.3 is 0 Å². The van der Waals surface area contributed by atoms with Crippen molar-refractivity contribution in [3.63, 3.8) is 0 Å². The van der Waals surface area contributed by atoms with Crippen LogP contribution in [0.2, 0.25) is 0 Å². The molecule has 0 fully saturated rings. The number of hydrogen-bond donors (Lipinski definition) is 1. The highest BCUT2D eigenvalue weighted by Gasteiger charge is 2.21. The van der Waals surface area contributed by atoms with Gasteiger partial charge in [0.1, 0.15) is 5.82 Å². The van der Waals surface area contributed by atoms with Crippen molar-refractivity contribution in [2.24, 2.45) is 0 Å². The summed E-state index contributed by atoms with van der Waals surface area (Å²) in [7, 11) is 0. The fourth-order valence-corrected chi connectivity index (χ4v) is 2.37. The van der Waals surface area contributed by atoms with Crippen molar-refractivity contribution >= 4 is 5.52 Å². The molecule has 3 rings (SSSR count). The number of hydrogen-bond acceptors (Lipinski definition) is 4.